The van der Waals surface area contributed by atoms with Gasteiger partial charge in [-0.1, -0.05) is 18.2 Å². The summed E-state index contributed by atoms with van der Waals surface area (Å²) in [5.41, 5.74) is 1.11. The molecule has 0 radical (unpaired) electrons. The zero-order valence-corrected chi connectivity index (χ0v) is 14.5. The first-order valence-corrected chi connectivity index (χ1v) is 9.20. The molecule has 0 aliphatic heterocycles. The van der Waals surface area contributed by atoms with Crippen LogP contribution in [0.15, 0.2) is 53.6 Å². The minimum absolute atomic E-state index is 0.0774. The first-order chi connectivity index (χ1) is 11.8. The van der Waals surface area contributed by atoms with E-state index >= 15 is 0 Å². The molecule has 2 aromatic heterocycles. The normalized spacial score (nSPS) is 11.6. The number of halogens is 1. The third-order valence-corrected chi connectivity index (χ3v) is 5.62. The molecule has 0 spiro atoms. The van der Waals surface area contributed by atoms with E-state index in [1.807, 2.05) is 0 Å². The first-order valence-electron chi connectivity index (χ1n) is 7.55. The van der Waals surface area contributed by atoms with Crippen molar-refractivity contribution in [1.29, 1.82) is 0 Å². The summed E-state index contributed by atoms with van der Waals surface area (Å²) in [5, 5.41) is 0. The van der Waals surface area contributed by atoms with E-state index in [-0.39, 0.29) is 16.5 Å². The van der Waals surface area contributed by atoms with Gasteiger partial charge in [-0.25, -0.2) is 12.8 Å². The van der Waals surface area contributed by atoms with Crippen LogP contribution in [0.3, 0.4) is 0 Å². The van der Waals surface area contributed by atoms with Crippen molar-refractivity contribution in [2.75, 3.05) is 0 Å². The zero-order chi connectivity index (χ0) is 18.2. The molecule has 5 nitrogen and oxygen atoms in total. The van der Waals surface area contributed by atoms with Crippen molar-refractivity contribution in [2.24, 2.45) is 0 Å². The molecule has 0 fully saturated rings. The fourth-order valence-electron chi connectivity index (χ4n) is 2.85. The van der Waals surface area contributed by atoms with E-state index in [4.69, 9.17) is 4.74 Å². The summed E-state index contributed by atoms with van der Waals surface area (Å²) in [7, 11) is -3.78. The van der Waals surface area contributed by atoms with Crippen molar-refractivity contribution in [3.63, 3.8) is 0 Å². The number of esters is 1. The summed E-state index contributed by atoms with van der Waals surface area (Å²) < 4.78 is 46.0. The molecule has 0 N–H and O–H groups in total. The van der Waals surface area contributed by atoms with Crippen molar-refractivity contribution in [1.82, 2.24) is 4.40 Å². The van der Waals surface area contributed by atoms with Crippen LogP contribution in [0.4, 0.5) is 4.39 Å². The maximum Gasteiger partial charge on any atom is 0.309 e. The van der Waals surface area contributed by atoms with Gasteiger partial charge in [-0.05, 0) is 36.8 Å². The molecule has 1 aromatic carbocycles. The molecule has 0 amide bonds. The quantitative estimate of drug-likeness (QED) is 0.669. The largest absolute Gasteiger partial charge is 0.409 e. The lowest BCUT2D eigenvalue weighted by Gasteiger charge is -2.05. The molecule has 0 atom stereocenters. The fraction of sp³-hybridized carbons (Fsp3) is 0.167. The molecule has 0 unspecified atom stereocenters. The lowest BCUT2D eigenvalue weighted by atomic mass is 10.2. The number of rotatable bonds is 4. The van der Waals surface area contributed by atoms with Crippen LogP contribution < -0.4 is 4.74 Å². The molecule has 25 heavy (non-hydrogen) atoms. The highest BCUT2D eigenvalue weighted by Gasteiger charge is 2.27. The van der Waals surface area contributed by atoms with E-state index in [0.29, 0.717) is 16.6 Å². The Bertz CT molecular complexity index is 1070. The number of carbonyl (C=O) groups is 1. The molecule has 0 aliphatic carbocycles. The van der Waals surface area contributed by atoms with Gasteiger partial charge in [0.05, 0.1) is 16.2 Å². The molecule has 0 bridgehead atoms. The minimum Gasteiger partial charge on any atom is -0.409 e. The van der Waals surface area contributed by atoms with E-state index in [0.717, 1.165) is 0 Å². The maximum absolute atomic E-state index is 13.4. The van der Waals surface area contributed by atoms with Gasteiger partial charge in [-0.15, -0.1) is 0 Å². The molecular formula is C18H16FNO4S. The second kappa shape index (κ2) is 6.33. The molecule has 7 heteroatoms. The minimum atomic E-state index is -3.78. The summed E-state index contributed by atoms with van der Waals surface area (Å²) in [6.07, 6.45) is 1.63. The average Bonchev–Trinajstić information content (AvgIpc) is 2.79. The Morgan fingerprint density at radius 2 is 1.96 bits per heavy atom. The zero-order valence-electron chi connectivity index (χ0n) is 13.7. The highest BCUT2D eigenvalue weighted by Crippen LogP contribution is 2.34. The summed E-state index contributed by atoms with van der Waals surface area (Å²) in [4.78, 5) is 11.4. The van der Waals surface area contributed by atoms with Crippen molar-refractivity contribution in [3.8, 4) is 5.88 Å². The summed E-state index contributed by atoms with van der Waals surface area (Å²) in [6.45, 7) is 2.84. The van der Waals surface area contributed by atoms with Crippen LogP contribution in [-0.2, 0) is 20.4 Å². The number of benzene rings is 1. The van der Waals surface area contributed by atoms with Crippen molar-refractivity contribution in [3.05, 3.63) is 65.6 Å². The smallest absolute Gasteiger partial charge is 0.309 e. The summed E-state index contributed by atoms with van der Waals surface area (Å²) in [6, 6.07) is 10.5. The van der Waals surface area contributed by atoms with E-state index < -0.39 is 21.6 Å². The standard InChI is InChI=1S/C18H16FNO4S/c1-12-17(25(22,23)11-14-6-5-7-15(19)10-14)16-8-3-4-9-20(16)18(12)24-13(2)21/h3-10H,11H2,1-2H3. The fourth-order valence-corrected chi connectivity index (χ4v) is 4.65. The Hall–Kier alpha value is -2.67. The van der Waals surface area contributed by atoms with Crippen LogP contribution in [0.2, 0.25) is 0 Å². The topological polar surface area (TPSA) is 64.9 Å². The molecule has 2 heterocycles. The van der Waals surface area contributed by atoms with Crippen molar-refractivity contribution >= 4 is 21.3 Å². The van der Waals surface area contributed by atoms with Crippen molar-refractivity contribution < 1.29 is 22.3 Å². The molecule has 130 valence electrons. The van der Waals surface area contributed by atoms with Crippen LogP contribution in [0.1, 0.15) is 18.1 Å². The summed E-state index contributed by atoms with van der Waals surface area (Å²) in [5.74, 6) is -1.22. The molecular weight excluding hydrogens is 345 g/mol. The lowest BCUT2D eigenvalue weighted by molar-refractivity contribution is -0.132. The molecule has 0 saturated heterocycles. The molecule has 0 aliphatic rings. The van der Waals surface area contributed by atoms with Crippen LogP contribution >= 0.6 is 0 Å². The average molecular weight is 361 g/mol. The van der Waals surface area contributed by atoms with E-state index in [2.05, 4.69) is 0 Å². The highest BCUT2D eigenvalue weighted by molar-refractivity contribution is 7.91. The number of fused-ring (bicyclic) bond motifs is 1. The Labute approximate surface area is 144 Å². The van der Waals surface area contributed by atoms with Gasteiger partial charge in [0.25, 0.3) is 0 Å². The number of pyridine rings is 1. The molecule has 3 rings (SSSR count). The van der Waals surface area contributed by atoms with Crippen LogP contribution in [0, 0.1) is 12.7 Å². The van der Waals surface area contributed by atoms with Gasteiger partial charge < -0.3 is 4.74 Å². The Morgan fingerprint density at radius 3 is 2.64 bits per heavy atom. The first kappa shape index (κ1) is 17.2. The molecule has 0 saturated carbocycles. The van der Waals surface area contributed by atoms with E-state index in [1.165, 1.54) is 29.5 Å². The van der Waals surface area contributed by atoms with Gasteiger partial charge in [0.1, 0.15) is 5.82 Å². The van der Waals surface area contributed by atoms with Crippen LogP contribution in [0.5, 0.6) is 5.88 Å². The maximum atomic E-state index is 13.4. The number of ether oxygens (including phenoxy) is 1. The van der Waals surface area contributed by atoms with Crippen LogP contribution in [-0.4, -0.2) is 18.8 Å². The van der Waals surface area contributed by atoms with Gasteiger partial charge in [0, 0.05) is 18.7 Å². The number of carbonyl (C=O) groups excluding carboxylic acids is 1. The second-order valence-corrected chi connectivity index (χ2v) is 7.62. The van der Waals surface area contributed by atoms with Gasteiger partial charge in [0.15, 0.2) is 9.84 Å². The lowest BCUT2D eigenvalue weighted by Crippen LogP contribution is -2.07. The monoisotopic (exact) mass is 361 g/mol. The SMILES string of the molecule is CC(=O)Oc1c(C)c(S(=O)(=O)Cc2cccc(F)c2)c2ccccn12. The third kappa shape index (κ3) is 3.28. The predicted molar refractivity (Wildman–Crippen MR) is 90.7 cm³/mol. The summed E-state index contributed by atoms with van der Waals surface area (Å²) >= 11 is 0. The van der Waals surface area contributed by atoms with E-state index in [9.17, 15) is 17.6 Å². The van der Waals surface area contributed by atoms with Gasteiger partial charge in [0.2, 0.25) is 5.88 Å². The third-order valence-electron chi connectivity index (χ3n) is 3.77. The predicted octanol–water partition coefficient (Wildman–Crippen LogP) is 3.29. The Balaban J connectivity index is 2.17. The number of aromatic nitrogens is 1. The highest BCUT2D eigenvalue weighted by atomic mass is 32.2. The van der Waals surface area contributed by atoms with Crippen LogP contribution in [0.25, 0.3) is 5.52 Å². The number of hydrogen-bond donors (Lipinski definition) is 0. The number of hydrogen-bond acceptors (Lipinski definition) is 4. The molecule has 3 aromatic rings. The van der Waals surface area contributed by atoms with E-state index in [1.54, 1.807) is 37.4 Å². The Morgan fingerprint density at radius 1 is 1.20 bits per heavy atom. The van der Waals surface area contributed by atoms with Gasteiger partial charge in [-0.3, -0.25) is 9.20 Å². The van der Waals surface area contributed by atoms with Crippen molar-refractivity contribution in [2.45, 2.75) is 24.5 Å². The Kier molecular flexibility index (Phi) is 4.34. The van der Waals surface area contributed by atoms with Gasteiger partial charge >= 0.3 is 5.97 Å². The van der Waals surface area contributed by atoms with Gasteiger partial charge in [-0.2, -0.15) is 0 Å². The second-order valence-electron chi connectivity index (χ2n) is 5.70. The number of nitrogens with zero attached hydrogens (tertiary/aromatic N) is 1. The number of sulfone groups is 1.